The predicted molar refractivity (Wildman–Crippen MR) is 82.9 cm³/mol. The third kappa shape index (κ3) is 2.78. The molecule has 0 aliphatic heterocycles. The van der Waals surface area contributed by atoms with Gasteiger partial charge in [-0.1, -0.05) is 0 Å². The number of benzene rings is 1. The van der Waals surface area contributed by atoms with Crippen LogP contribution in [0.15, 0.2) is 18.2 Å². The molecule has 1 aromatic carbocycles. The fourth-order valence-corrected chi connectivity index (χ4v) is 3.19. The summed E-state index contributed by atoms with van der Waals surface area (Å²) in [6, 6.07) is 6.10. The maximum Gasteiger partial charge on any atom is 0.132 e. The second-order valence-corrected chi connectivity index (χ2v) is 5.58. The molecule has 0 bridgehead atoms. The van der Waals surface area contributed by atoms with Crippen LogP contribution in [0.4, 0.5) is 0 Å². The van der Waals surface area contributed by atoms with Crippen LogP contribution in [0.25, 0.3) is 10.6 Å². The van der Waals surface area contributed by atoms with Gasteiger partial charge in [-0.25, -0.2) is 4.98 Å². The van der Waals surface area contributed by atoms with E-state index in [0.717, 1.165) is 27.8 Å². The highest BCUT2D eigenvalue weighted by molar-refractivity contribution is 7.15. The molecule has 0 fully saturated rings. The Morgan fingerprint density at radius 1 is 1.25 bits per heavy atom. The molecule has 108 valence electrons. The van der Waals surface area contributed by atoms with Gasteiger partial charge in [0.05, 0.1) is 25.5 Å². The first-order valence-corrected chi connectivity index (χ1v) is 7.29. The molecular weight excluding hydrogens is 272 g/mol. The van der Waals surface area contributed by atoms with Crippen molar-refractivity contribution in [3.63, 3.8) is 0 Å². The Morgan fingerprint density at radius 2 is 2.00 bits per heavy atom. The van der Waals surface area contributed by atoms with Crippen molar-refractivity contribution >= 4 is 11.3 Å². The molecule has 0 saturated carbocycles. The van der Waals surface area contributed by atoms with Gasteiger partial charge in [-0.2, -0.15) is 0 Å². The Kier molecular flexibility index (Phi) is 4.62. The van der Waals surface area contributed by atoms with Crippen molar-refractivity contribution in [2.75, 3.05) is 21.3 Å². The highest BCUT2D eigenvalue weighted by Gasteiger charge is 2.16. The van der Waals surface area contributed by atoms with E-state index in [2.05, 4.69) is 17.2 Å². The smallest absolute Gasteiger partial charge is 0.132 e. The van der Waals surface area contributed by atoms with E-state index in [9.17, 15) is 0 Å². The molecule has 20 heavy (non-hydrogen) atoms. The summed E-state index contributed by atoms with van der Waals surface area (Å²) in [5.74, 6) is 1.56. The van der Waals surface area contributed by atoms with Gasteiger partial charge in [-0.3, -0.25) is 0 Å². The number of ether oxygens (including phenoxy) is 2. The Hall–Kier alpha value is -1.59. The zero-order valence-electron chi connectivity index (χ0n) is 12.5. The zero-order chi connectivity index (χ0) is 14.7. The summed E-state index contributed by atoms with van der Waals surface area (Å²) in [5, 5.41) is 4.22. The number of hydrogen-bond donors (Lipinski definition) is 1. The molecule has 1 aromatic heterocycles. The van der Waals surface area contributed by atoms with Crippen LogP contribution in [0.1, 0.15) is 23.5 Å². The Morgan fingerprint density at radius 3 is 2.60 bits per heavy atom. The minimum absolute atomic E-state index is 0.297. The summed E-state index contributed by atoms with van der Waals surface area (Å²) in [6.45, 7) is 4.18. The molecule has 0 aliphatic rings. The standard InChI is InChI=1S/C15H20N2O2S/c1-9(16-3)14-10(2)17-15(20-14)12-7-6-11(18-4)8-13(12)19-5/h6-9,16H,1-5H3. The monoisotopic (exact) mass is 292 g/mol. The maximum atomic E-state index is 5.45. The average molecular weight is 292 g/mol. The summed E-state index contributed by atoms with van der Waals surface area (Å²) in [7, 11) is 5.27. The number of aromatic nitrogens is 1. The highest BCUT2D eigenvalue weighted by Crippen LogP contribution is 2.38. The summed E-state index contributed by atoms with van der Waals surface area (Å²) in [6.07, 6.45) is 0. The minimum atomic E-state index is 0.297. The lowest BCUT2D eigenvalue weighted by Crippen LogP contribution is -2.11. The third-order valence-corrected chi connectivity index (χ3v) is 4.67. The van der Waals surface area contributed by atoms with Crippen molar-refractivity contribution in [1.82, 2.24) is 10.3 Å². The van der Waals surface area contributed by atoms with E-state index in [1.54, 1.807) is 25.6 Å². The summed E-state index contributed by atoms with van der Waals surface area (Å²) in [5.41, 5.74) is 2.06. The number of methoxy groups -OCH3 is 2. The van der Waals surface area contributed by atoms with Crippen molar-refractivity contribution in [3.05, 3.63) is 28.8 Å². The molecule has 0 amide bonds. The summed E-state index contributed by atoms with van der Waals surface area (Å²) in [4.78, 5) is 5.92. The average Bonchev–Trinajstić information content (AvgIpc) is 2.87. The van der Waals surface area contributed by atoms with Crippen LogP contribution in [-0.2, 0) is 0 Å². The predicted octanol–water partition coefficient (Wildman–Crippen LogP) is 3.42. The van der Waals surface area contributed by atoms with E-state index in [1.165, 1.54) is 4.88 Å². The van der Waals surface area contributed by atoms with E-state index < -0.39 is 0 Å². The Labute approximate surface area is 123 Å². The number of nitrogens with zero attached hydrogens (tertiary/aromatic N) is 1. The molecule has 0 spiro atoms. The first kappa shape index (κ1) is 14.8. The van der Waals surface area contributed by atoms with Crippen LogP contribution in [0.5, 0.6) is 11.5 Å². The minimum Gasteiger partial charge on any atom is -0.497 e. The van der Waals surface area contributed by atoms with Gasteiger partial charge in [0, 0.05) is 17.0 Å². The lowest BCUT2D eigenvalue weighted by molar-refractivity contribution is 0.395. The number of rotatable bonds is 5. The number of hydrogen-bond acceptors (Lipinski definition) is 5. The molecule has 1 heterocycles. The van der Waals surface area contributed by atoms with Crippen molar-refractivity contribution < 1.29 is 9.47 Å². The molecule has 1 unspecified atom stereocenters. The second-order valence-electron chi connectivity index (χ2n) is 4.55. The van der Waals surface area contributed by atoms with Crippen molar-refractivity contribution in [3.8, 4) is 22.1 Å². The summed E-state index contributed by atoms with van der Waals surface area (Å²) >= 11 is 1.69. The maximum absolute atomic E-state index is 5.45. The van der Waals surface area contributed by atoms with E-state index >= 15 is 0 Å². The van der Waals surface area contributed by atoms with Crippen LogP contribution < -0.4 is 14.8 Å². The molecule has 0 aliphatic carbocycles. The number of aryl methyl sites for hydroxylation is 1. The van der Waals surface area contributed by atoms with Crippen molar-refractivity contribution in [2.24, 2.45) is 0 Å². The molecule has 0 radical (unpaired) electrons. The van der Waals surface area contributed by atoms with Gasteiger partial charge in [0.25, 0.3) is 0 Å². The van der Waals surface area contributed by atoms with Gasteiger partial charge in [0.15, 0.2) is 0 Å². The Bertz CT molecular complexity index is 596. The number of thiazole rings is 1. The fraction of sp³-hybridized carbons (Fsp3) is 0.400. The van der Waals surface area contributed by atoms with Crippen molar-refractivity contribution in [1.29, 1.82) is 0 Å². The van der Waals surface area contributed by atoms with Gasteiger partial charge in [0.1, 0.15) is 16.5 Å². The van der Waals surface area contributed by atoms with Gasteiger partial charge in [-0.05, 0) is 33.0 Å². The van der Waals surface area contributed by atoms with Crippen LogP contribution in [0, 0.1) is 6.92 Å². The van der Waals surface area contributed by atoms with Gasteiger partial charge < -0.3 is 14.8 Å². The molecule has 4 nitrogen and oxygen atoms in total. The SMILES string of the molecule is CNC(C)c1sc(-c2ccc(OC)cc2OC)nc1C. The largest absolute Gasteiger partial charge is 0.497 e. The van der Waals surface area contributed by atoms with Gasteiger partial charge in [0.2, 0.25) is 0 Å². The molecule has 5 heteroatoms. The van der Waals surface area contributed by atoms with Crippen LogP contribution in [0.2, 0.25) is 0 Å². The molecule has 1 atom stereocenters. The molecule has 0 saturated heterocycles. The van der Waals surface area contributed by atoms with E-state index in [0.29, 0.717) is 6.04 Å². The third-order valence-electron chi connectivity index (χ3n) is 3.30. The lowest BCUT2D eigenvalue weighted by atomic mass is 10.2. The topological polar surface area (TPSA) is 43.4 Å². The Balaban J connectivity index is 2.46. The van der Waals surface area contributed by atoms with Crippen LogP contribution >= 0.6 is 11.3 Å². The normalized spacial score (nSPS) is 12.2. The number of nitrogens with one attached hydrogen (secondary N) is 1. The summed E-state index contributed by atoms with van der Waals surface area (Å²) < 4.78 is 10.7. The first-order chi connectivity index (χ1) is 9.60. The van der Waals surface area contributed by atoms with Crippen LogP contribution in [-0.4, -0.2) is 26.3 Å². The molecular formula is C15H20N2O2S. The lowest BCUT2D eigenvalue weighted by Gasteiger charge is -2.08. The van der Waals surface area contributed by atoms with Gasteiger partial charge >= 0.3 is 0 Å². The van der Waals surface area contributed by atoms with E-state index in [4.69, 9.17) is 9.47 Å². The first-order valence-electron chi connectivity index (χ1n) is 6.47. The van der Waals surface area contributed by atoms with Crippen molar-refractivity contribution in [2.45, 2.75) is 19.9 Å². The molecule has 1 N–H and O–H groups in total. The second kappa shape index (κ2) is 6.24. The zero-order valence-corrected chi connectivity index (χ0v) is 13.3. The molecule has 2 rings (SSSR count). The van der Waals surface area contributed by atoms with Gasteiger partial charge in [-0.15, -0.1) is 11.3 Å². The molecule has 2 aromatic rings. The quantitative estimate of drug-likeness (QED) is 0.917. The van der Waals surface area contributed by atoms with E-state index in [1.807, 2.05) is 32.2 Å². The van der Waals surface area contributed by atoms with E-state index in [-0.39, 0.29) is 0 Å². The highest BCUT2D eigenvalue weighted by atomic mass is 32.1. The fourth-order valence-electron chi connectivity index (χ4n) is 2.03. The van der Waals surface area contributed by atoms with Crippen LogP contribution in [0.3, 0.4) is 0 Å².